The fourth-order valence-corrected chi connectivity index (χ4v) is 5.53. The molecule has 0 amide bonds. The summed E-state index contributed by atoms with van der Waals surface area (Å²) < 4.78 is 13.3. The number of nitrogens with one attached hydrogen (secondary N) is 1. The number of hydrogen-bond donors (Lipinski definition) is 1. The van der Waals surface area contributed by atoms with E-state index in [2.05, 4.69) is 19.2 Å². The van der Waals surface area contributed by atoms with Crippen molar-refractivity contribution in [2.45, 2.75) is 142 Å². The molecule has 216 valence electrons. The van der Waals surface area contributed by atoms with Crippen LogP contribution in [0.15, 0.2) is 0 Å². The lowest BCUT2D eigenvalue weighted by molar-refractivity contribution is -0.930. The minimum Gasteiger partial charge on any atom is -0.376 e. The number of hydrogen-bond acceptors (Lipinski definition) is 3. The van der Waals surface area contributed by atoms with E-state index in [1.165, 1.54) is 146 Å². The SMILES string of the molecule is CCCCCCCCCCCCOCC[N+]1(CCOCCCCCCCCCCCC)CCNCC1. The Bertz CT molecular complexity index is 394. The molecule has 4 heteroatoms. The van der Waals surface area contributed by atoms with Crippen LogP contribution in [0.2, 0.25) is 0 Å². The normalized spacial score (nSPS) is 15.5. The van der Waals surface area contributed by atoms with Gasteiger partial charge in [0.15, 0.2) is 0 Å². The molecule has 0 bridgehead atoms. The number of piperazine rings is 1. The Morgan fingerprint density at radius 1 is 0.444 bits per heavy atom. The summed E-state index contributed by atoms with van der Waals surface area (Å²) >= 11 is 0. The Balaban J connectivity index is 1.95. The van der Waals surface area contributed by atoms with Gasteiger partial charge in [0.05, 0.1) is 26.3 Å². The largest absolute Gasteiger partial charge is 0.376 e. The number of rotatable bonds is 28. The first-order valence-corrected chi connectivity index (χ1v) is 16.5. The molecule has 0 radical (unpaired) electrons. The molecule has 0 aromatic rings. The average Bonchev–Trinajstić information content (AvgIpc) is 2.90. The van der Waals surface area contributed by atoms with Crippen LogP contribution in [0, 0.1) is 0 Å². The summed E-state index contributed by atoms with van der Waals surface area (Å²) in [5.41, 5.74) is 0. The Morgan fingerprint density at radius 3 is 1.14 bits per heavy atom. The van der Waals surface area contributed by atoms with E-state index in [4.69, 9.17) is 9.47 Å². The summed E-state index contributed by atoms with van der Waals surface area (Å²) in [6.07, 6.45) is 27.8. The zero-order chi connectivity index (χ0) is 25.8. The molecule has 1 aliphatic rings. The van der Waals surface area contributed by atoms with Crippen molar-refractivity contribution in [3.05, 3.63) is 0 Å². The lowest BCUT2D eigenvalue weighted by Gasteiger charge is -2.41. The van der Waals surface area contributed by atoms with Crippen LogP contribution in [-0.2, 0) is 9.47 Å². The molecule has 0 unspecified atom stereocenters. The smallest absolute Gasteiger partial charge is 0.103 e. The van der Waals surface area contributed by atoms with Gasteiger partial charge in [0.1, 0.15) is 13.1 Å². The van der Waals surface area contributed by atoms with Gasteiger partial charge < -0.3 is 19.3 Å². The van der Waals surface area contributed by atoms with E-state index in [9.17, 15) is 0 Å². The second kappa shape index (κ2) is 26.4. The van der Waals surface area contributed by atoms with Gasteiger partial charge in [0, 0.05) is 26.3 Å². The van der Waals surface area contributed by atoms with E-state index < -0.39 is 0 Å². The van der Waals surface area contributed by atoms with Gasteiger partial charge in [0.25, 0.3) is 0 Å². The Morgan fingerprint density at radius 2 is 0.778 bits per heavy atom. The molecule has 0 atom stereocenters. The molecule has 1 fully saturated rings. The highest BCUT2D eigenvalue weighted by molar-refractivity contribution is 4.58. The number of quaternary nitrogens is 1. The highest BCUT2D eigenvalue weighted by Gasteiger charge is 2.29. The third-order valence-corrected chi connectivity index (χ3v) is 8.23. The van der Waals surface area contributed by atoms with Crippen LogP contribution in [0.1, 0.15) is 142 Å². The van der Waals surface area contributed by atoms with Gasteiger partial charge >= 0.3 is 0 Å². The Labute approximate surface area is 227 Å². The molecule has 0 spiro atoms. The summed E-state index contributed by atoms with van der Waals surface area (Å²) in [5.74, 6) is 0. The van der Waals surface area contributed by atoms with Gasteiger partial charge in [0.2, 0.25) is 0 Å². The molecule has 0 aromatic carbocycles. The van der Waals surface area contributed by atoms with Crippen LogP contribution in [-0.4, -0.2) is 70.2 Å². The lowest BCUT2D eigenvalue weighted by Crippen LogP contribution is -2.61. The van der Waals surface area contributed by atoms with Gasteiger partial charge in [-0.05, 0) is 12.8 Å². The number of nitrogens with zero attached hydrogens (tertiary/aromatic N) is 1. The Hall–Kier alpha value is -0.160. The maximum Gasteiger partial charge on any atom is 0.103 e. The topological polar surface area (TPSA) is 30.5 Å². The molecule has 4 nitrogen and oxygen atoms in total. The van der Waals surface area contributed by atoms with Crippen molar-refractivity contribution in [2.24, 2.45) is 0 Å². The molecular weight excluding hydrogens is 444 g/mol. The Kier molecular flexibility index (Phi) is 24.9. The summed E-state index contributed by atoms with van der Waals surface area (Å²) in [6, 6.07) is 0. The van der Waals surface area contributed by atoms with Crippen LogP contribution in [0.3, 0.4) is 0 Å². The summed E-state index contributed by atoms with van der Waals surface area (Å²) in [5, 5.41) is 3.54. The first kappa shape index (κ1) is 33.9. The highest BCUT2D eigenvalue weighted by Crippen LogP contribution is 2.13. The van der Waals surface area contributed by atoms with Crippen molar-refractivity contribution in [3.8, 4) is 0 Å². The highest BCUT2D eigenvalue weighted by atomic mass is 16.5. The zero-order valence-corrected chi connectivity index (χ0v) is 25.0. The van der Waals surface area contributed by atoms with Gasteiger partial charge in [-0.15, -0.1) is 0 Å². The fourth-order valence-electron chi connectivity index (χ4n) is 5.53. The van der Waals surface area contributed by atoms with E-state index in [1.54, 1.807) is 0 Å². The van der Waals surface area contributed by atoms with Gasteiger partial charge in [-0.25, -0.2) is 0 Å². The summed E-state index contributed by atoms with van der Waals surface area (Å²) in [7, 11) is 0. The predicted octanol–water partition coefficient (Wildman–Crippen LogP) is 8.28. The van der Waals surface area contributed by atoms with Crippen molar-refractivity contribution in [2.75, 3.05) is 65.7 Å². The second-order valence-electron chi connectivity index (χ2n) is 11.6. The minimum atomic E-state index is 0.913. The summed E-state index contributed by atoms with van der Waals surface area (Å²) in [4.78, 5) is 0. The molecular formula is C32H67N2O2+. The number of ether oxygens (including phenoxy) is 2. The molecule has 0 aromatic heterocycles. The lowest BCUT2D eigenvalue weighted by atomic mass is 10.1. The van der Waals surface area contributed by atoms with Crippen molar-refractivity contribution in [1.82, 2.24) is 5.32 Å². The molecule has 1 heterocycles. The third-order valence-electron chi connectivity index (χ3n) is 8.23. The van der Waals surface area contributed by atoms with Crippen LogP contribution in [0.25, 0.3) is 0 Å². The quantitative estimate of drug-likeness (QED) is 0.0846. The second-order valence-corrected chi connectivity index (χ2v) is 11.6. The molecule has 1 N–H and O–H groups in total. The molecule has 1 rings (SSSR count). The minimum absolute atomic E-state index is 0.913. The molecule has 0 aliphatic carbocycles. The predicted molar refractivity (Wildman–Crippen MR) is 158 cm³/mol. The maximum absolute atomic E-state index is 6.08. The average molecular weight is 512 g/mol. The van der Waals surface area contributed by atoms with E-state index in [0.717, 1.165) is 52.6 Å². The van der Waals surface area contributed by atoms with Crippen molar-refractivity contribution in [1.29, 1.82) is 0 Å². The van der Waals surface area contributed by atoms with E-state index in [1.807, 2.05) is 0 Å². The zero-order valence-electron chi connectivity index (χ0n) is 25.0. The van der Waals surface area contributed by atoms with E-state index >= 15 is 0 Å². The van der Waals surface area contributed by atoms with Crippen molar-refractivity contribution >= 4 is 0 Å². The standard InChI is InChI=1S/C32H67N2O2/c1-3-5-7-9-11-13-15-17-19-21-29-35-31-27-34(25-23-33-24-26-34)28-32-36-30-22-20-18-16-14-12-10-8-6-4-2/h33H,3-32H2,1-2H3/q+1. The van der Waals surface area contributed by atoms with Gasteiger partial charge in [-0.1, -0.05) is 129 Å². The van der Waals surface area contributed by atoms with Gasteiger partial charge in [-0.2, -0.15) is 0 Å². The van der Waals surface area contributed by atoms with Crippen molar-refractivity contribution in [3.63, 3.8) is 0 Å². The van der Waals surface area contributed by atoms with Crippen molar-refractivity contribution < 1.29 is 14.0 Å². The molecule has 36 heavy (non-hydrogen) atoms. The third kappa shape index (κ3) is 20.8. The first-order valence-electron chi connectivity index (χ1n) is 16.5. The molecule has 0 saturated carbocycles. The van der Waals surface area contributed by atoms with Gasteiger partial charge in [-0.3, -0.25) is 0 Å². The maximum atomic E-state index is 6.08. The molecule has 1 saturated heterocycles. The van der Waals surface area contributed by atoms with E-state index in [-0.39, 0.29) is 0 Å². The van der Waals surface area contributed by atoms with Crippen LogP contribution in [0.4, 0.5) is 0 Å². The fraction of sp³-hybridized carbons (Fsp3) is 1.00. The number of unbranched alkanes of at least 4 members (excludes halogenated alkanes) is 18. The summed E-state index contributed by atoms with van der Waals surface area (Å²) in [6.45, 7) is 15.3. The van der Waals surface area contributed by atoms with E-state index in [0.29, 0.717) is 0 Å². The molecule has 1 aliphatic heterocycles. The monoisotopic (exact) mass is 512 g/mol. The van der Waals surface area contributed by atoms with Crippen LogP contribution in [0.5, 0.6) is 0 Å². The van der Waals surface area contributed by atoms with Crippen LogP contribution >= 0.6 is 0 Å². The first-order chi connectivity index (χ1) is 17.8. The van der Waals surface area contributed by atoms with Crippen LogP contribution < -0.4 is 5.32 Å².